The van der Waals surface area contributed by atoms with E-state index in [0.29, 0.717) is 17.5 Å². The molecule has 0 aliphatic heterocycles. The number of allylic oxidation sites excluding steroid dienone is 5. The molecule has 144 valence electrons. The predicted octanol–water partition coefficient (Wildman–Crippen LogP) is 3.40. The second kappa shape index (κ2) is 9.68. The van der Waals surface area contributed by atoms with Gasteiger partial charge in [-0.2, -0.15) is 5.10 Å². The molecule has 27 heavy (non-hydrogen) atoms. The summed E-state index contributed by atoms with van der Waals surface area (Å²) in [6.07, 6.45) is 7.74. The summed E-state index contributed by atoms with van der Waals surface area (Å²) in [6.45, 7) is 9.81. The molecule has 0 radical (unpaired) electrons. The molecule has 0 saturated heterocycles. The lowest BCUT2D eigenvalue weighted by atomic mass is 10.2. The van der Waals surface area contributed by atoms with Gasteiger partial charge in [0, 0.05) is 43.5 Å². The van der Waals surface area contributed by atoms with Gasteiger partial charge in [0.1, 0.15) is 11.6 Å². The standard InChI is InChI=1S/C20H29N7/c1-7-8-9-10-15(2)20-22-17(21-18-13-16(3)24-25-18)14-19(23-20)27(6)12-11-26(4)5/h7-10,13-14H,2,11-12H2,1,3-6H3,(H2,21,22,23,24,25)/b8-7-,10-9-. The van der Waals surface area contributed by atoms with Crippen molar-refractivity contribution in [3.8, 4) is 0 Å². The Balaban J connectivity index is 2.32. The second-order valence-electron chi connectivity index (χ2n) is 6.63. The van der Waals surface area contributed by atoms with Crippen molar-refractivity contribution in [3.05, 3.63) is 54.5 Å². The smallest absolute Gasteiger partial charge is 0.163 e. The molecular formula is C20H29N7. The summed E-state index contributed by atoms with van der Waals surface area (Å²) in [5, 5.41) is 10.4. The summed E-state index contributed by atoms with van der Waals surface area (Å²) in [4.78, 5) is 13.5. The van der Waals surface area contributed by atoms with Gasteiger partial charge < -0.3 is 15.1 Å². The fourth-order valence-corrected chi connectivity index (χ4v) is 2.27. The molecule has 2 aromatic rings. The van der Waals surface area contributed by atoms with Gasteiger partial charge in [-0.3, -0.25) is 5.10 Å². The molecule has 0 bridgehead atoms. The molecule has 2 rings (SSSR count). The number of hydrogen-bond donors (Lipinski definition) is 2. The van der Waals surface area contributed by atoms with Crippen LogP contribution in [0.15, 0.2) is 43.0 Å². The maximum absolute atomic E-state index is 4.69. The zero-order chi connectivity index (χ0) is 19.8. The molecule has 0 aliphatic carbocycles. The molecular weight excluding hydrogens is 338 g/mol. The first-order valence-corrected chi connectivity index (χ1v) is 8.91. The van der Waals surface area contributed by atoms with Gasteiger partial charge in [-0.1, -0.05) is 30.9 Å². The van der Waals surface area contributed by atoms with Gasteiger partial charge in [-0.15, -0.1) is 0 Å². The van der Waals surface area contributed by atoms with E-state index in [9.17, 15) is 0 Å². The molecule has 0 fully saturated rings. The predicted molar refractivity (Wildman–Crippen MR) is 113 cm³/mol. The number of hydrogen-bond acceptors (Lipinski definition) is 6. The summed E-state index contributed by atoms with van der Waals surface area (Å²) in [5.74, 6) is 2.81. The molecule has 7 nitrogen and oxygen atoms in total. The number of aromatic nitrogens is 4. The molecule has 7 heteroatoms. The van der Waals surface area contributed by atoms with Crippen LogP contribution in [0.1, 0.15) is 18.4 Å². The first-order chi connectivity index (χ1) is 12.9. The molecule has 2 N–H and O–H groups in total. The van der Waals surface area contributed by atoms with Gasteiger partial charge in [0.25, 0.3) is 0 Å². The first-order valence-electron chi connectivity index (χ1n) is 8.91. The molecule has 2 aromatic heterocycles. The van der Waals surface area contributed by atoms with Crippen LogP contribution < -0.4 is 10.2 Å². The Morgan fingerprint density at radius 1 is 1.15 bits per heavy atom. The van der Waals surface area contributed by atoms with Crippen molar-refractivity contribution in [2.75, 3.05) is 44.4 Å². The Morgan fingerprint density at radius 2 is 1.93 bits per heavy atom. The van der Waals surface area contributed by atoms with Crippen molar-refractivity contribution in [2.45, 2.75) is 13.8 Å². The maximum atomic E-state index is 4.69. The molecule has 0 aromatic carbocycles. The Morgan fingerprint density at radius 3 is 2.56 bits per heavy atom. The average molecular weight is 368 g/mol. The van der Waals surface area contributed by atoms with Crippen molar-refractivity contribution >= 4 is 23.0 Å². The van der Waals surface area contributed by atoms with Crippen LogP contribution in [0.4, 0.5) is 17.5 Å². The van der Waals surface area contributed by atoms with Crippen molar-refractivity contribution in [3.63, 3.8) is 0 Å². The number of nitrogens with one attached hydrogen (secondary N) is 2. The number of anilines is 3. The van der Waals surface area contributed by atoms with E-state index in [-0.39, 0.29) is 0 Å². The number of likely N-dealkylation sites (N-methyl/N-ethyl adjacent to an activating group) is 2. The van der Waals surface area contributed by atoms with E-state index in [1.807, 2.05) is 57.3 Å². The number of aromatic amines is 1. The normalized spacial score (nSPS) is 11.6. The van der Waals surface area contributed by atoms with Gasteiger partial charge in [-0.25, -0.2) is 9.97 Å². The summed E-state index contributed by atoms with van der Waals surface area (Å²) in [6, 6.07) is 3.85. The monoisotopic (exact) mass is 367 g/mol. The fourth-order valence-electron chi connectivity index (χ4n) is 2.27. The highest BCUT2D eigenvalue weighted by molar-refractivity contribution is 5.70. The van der Waals surface area contributed by atoms with Crippen molar-refractivity contribution in [1.82, 2.24) is 25.1 Å². The van der Waals surface area contributed by atoms with E-state index in [1.165, 1.54) is 0 Å². The van der Waals surface area contributed by atoms with E-state index < -0.39 is 0 Å². The molecule has 0 atom stereocenters. The number of nitrogens with zero attached hydrogens (tertiary/aromatic N) is 5. The first kappa shape index (κ1) is 20.4. The van der Waals surface area contributed by atoms with Crippen LogP contribution in [0, 0.1) is 6.92 Å². The lowest BCUT2D eigenvalue weighted by Crippen LogP contribution is -2.29. The molecule has 2 heterocycles. The van der Waals surface area contributed by atoms with Gasteiger partial charge in [0.05, 0.1) is 0 Å². The van der Waals surface area contributed by atoms with Gasteiger partial charge >= 0.3 is 0 Å². The van der Waals surface area contributed by atoms with Gasteiger partial charge in [-0.05, 0) is 27.9 Å². The molecule has 0 unspecified atom stereocenters. The van der Waals surface area contributed by atoms with Gasteiger partial charge in [0.2, 0.25) is 0 Å². The van der Waals surface area contributed by atoms with Crippen molar-refractivity contribution < 1.29 is 0 Å². The quantitative estimate of drug-likeness (QED) is 0.662. The van der Waals surface area contributed by atoms with Crippen LogP contribution in [0.5, 0.6) is 0 Å². The summed E-state index contributed by atoms with van der Waals surface area (Å²) in [7, 11) is 6.14. The maximum Gasteiger partial charge on any atom is 0.163 e. The molecule has 0 saturated carbocycles. The lowest BCUT2D eigenvalue weighted by Gasteiger charge is -2.21. The summed E-state index contributed by atoms with van der Waals surface area (Å²) < 4.78 is 0. The minimum Gasteiger partial charge on any atom is -0.358 e. The van der Waals surface area contributed by atoms with Crippen LogP contribution in [-0.2, 0) is 0 Å². The van der Waals surface area contributed by atoms with Crippen molar-refractivity contribution in [1.29, 1.82) is 0 Å². The fraction of sp³-hybridized carbons (Fsp3) is 0.350. The van der Waals surface area contributed by atoms with E-state index in [0.717, 1.165) is 30.2 Å². The van der Waals surface area contributed by atoms with Crippen LogP contribution in [0.3, 0.4) is 0 Å². The SMILES string of the molecule is C=C(/C=C\C=C/C)c1nc(Nc2cc(C)[nH]n2)cc(N(C)CCN(C)C)n1. The minimum atomic E-state index is 0.583. The third kappa shape index (κ3) is 6.38. The number of H-pyrrole nitrogens is 1. The highest BCUT2D eigenvalue weighted by Crippen LogP contribution is 2.21. The number of rotatable bonds is 9. The number of aryl methyl sites for hydroxylation is 1. The zero-order valence-electron chi connectivity index (χ0n) is 16.8. The molecule has 0 aliphatic rings. The minimum absolute atomic E-state index is 0.583. The third-order valence-electron chi connectivity index (χ3n) is 3.84. The third-order valence-corrected chi connectivity index (χ3v) is 3.84. The van der Waals surface area contributed by atoms with Crippen LogP contribution >= 0.6 is 0 Å². The second-order valence-corrected chi connectivity index (χ2v) is 6.63. The topological polar surface area (TPSA) is 73.0 Å². The Bertz CT molecular complexity index is 817. The van der Waals surface area contributed by atoms with Crippen LogP contribution in [0.2, 0.25) is 0 Å². The van der Waals surface area contributed by atoms with E-state index >= 15 is 0 Å². The lowest BCUT2D eigenvalue weighted by molar-refractivity contribution is 0.416. The molecule has 0 spiro atoms. The van der Waals surface area contributed by atoms with E-state index in [1.54, 1.807) is 0 Å². The summed E-state index contributed by atoms with van der Waals surface area (Å²) >= 11 is 0. The Hall–Kier alpha value is -2.93. The van der Waals surface area contributed by atoms with E-state index in [2.05, 4.69) is 56.0 Å². The van der Waals surface area contributed by atoms with Gasteiger partial charge in [0.15, 0.2) is 11.6 Å². The summed E-state index contributed by atoms with van der Waals surface area (Å²) in [5.41, 5.74) is 1.73. The van der Waals surface area contributed by atoms with Crippen LogP contribution in [-0.4, -0.2) is 59.3 Å². The largest absolute Gasteiger partial charge is 0.358 e. The Labute approximate surface area is 161 Å². The average Bonchev–Trinajstić information content (AvgIpc) is 3.04. The zero-order valence-corrected chi connectivity index (χ0v) is 16.8. The Kier molecular flexibility index (Phi) is 7.31. The van der Waals surface area contributed by atoms with Crippen LogP contribution in [0.25, 0.3) is 5.57 Å². The van der Waals surface area contributed by atoms with Crippen molar-refractivity contribution in [2.24, 2.45) is 0 Å². The highest BCUT2D eigenvalue weighted by atomic mass is 15.2. The highest BCUT2D eigenvalue weighted by Gasteiger charge is 2.11. The van der Waals surface area contributed by atoms with E-state index in [4.69, 9.17) is 0 Å². The molecule has 0 amide bonds.